The maximum absolute atomic E-state index is 3.66. The molecule has 1 aliphatic rings. The number of nitrogens with zero attached hydrogens (tertiary/aromatic N) is 1. The molecule has 0 unspecified atom stereocenters. The fourth-order valence-electron chi connectivity index (χ4n) is 3.04. The van der Waals surface area contributed by atoms with Gasteiger partial charge in [-0.25, -0.2) is 0 Å². The van der Waals surface area contributed by atoms with Crippen LogP contribution in [0.3, 0.4) is 0 Å². The molecule has 0 aliphatic heterocycles. The lowest BCUT2D eigenvalue weighted by molar-refractivity contribution is 0.374. The van der Waals surface area contributed by atoms with Crippen LogP contribution in [0.4, 0.5) is 11.4 Å². The molecule has 2 nitrogen and oxygen atoms in total. The number of benzene rings is 2. The predicted octanol–water partition coefficient (Wildman–Crippen LogP) is 4.42. The summed E-state index contributed by atoms with van der Waals surface area (Å²) in [5.74, 6) is 0.722. The van der Waals surface area contributed by atoms with Gasteiger partial charge in [-0.3, -0.25) is 0 Å². The van der Waals surface area contributed by atoms with Gasteiger partial charge in [-0.2, -0.15) is 0 Å². The molecule has 21 heavy (non-hydrogen) atoms. The van der Waals surface area contributed by atoms with Crippen LogP contribution in [0, 0.1) is 6.92 Å². The van der Waals surface area contributed by atoms with E-state index in [2.05, 4.69) is 79.8 Å². The highest BCUT2D eigenvalue weighted by Crippen LogP contribution is 2.38. The van der Waals surface area contributed by atoms with Crippen LogP contribution in [0.25, 0.3) is 0 Å². The maximum Gasteiger partial charge on any atom is 0.0381 e. The molecule has 0 heterocycles. The van der Waals surface area contributed by atoms with Gasteiger partial charge in [0, 0.05) is 31.5 Å². The Morgan fingerprint density at radius 3 is 2.48 bits per heavy atom. The van der Waals surface area contributed by atoms with Crippen LogP contribution in [-0.4, -0.2) is 20.1 Å². The number of rotatable bonds is 4. The second-order valence-electron chi connectivity index (χ2n) is 6.37. The lowest BCUT2D eigenvalue weighted by Gasteiger charge is -2.37. The van der Waals surface area contributed by atoms with E-state index in [-0.39, 0.29) is 0 Å². The first-order valence-electron chi connectivity index (χ1n) is 7.72. The summed E-state index contributed by atoms with van der Waals surface area (Å²) >= 11 is 0. The van der Waals surface area contributed by atoms with E-state index in [0.29, 0.717) is 6.04 Å². The third-order valence-corrected chi connectivity index (χ3v) is 4.38. The number of aryl methyl sites for hydroxylation is 1. The van der Waals surface area contributed by atoms with Gasteiger partial charge in [0.05, 0.1) is 0 Å². The molecule has 1 fully saturated rings. The molecular weight excluding hydrogens is 256 g/mol. The summed E-state index contributed by atoms with van der Waals surface area (Å²) in [5.41, 5.74) is 5.33. The van der Waals surface area contributed by atoms with Crippen LogP contribution in [0.5, 0.6) is 0 Å². The van der Waals surface area contributed by atoms with E-state index in [1.807, 2.05) is 0 Å². The van der Waals surface area contributed by atoms with E-state index in [1.165, 1.54) is 35.3 Å². The van der Waals surface area contributed by atoms with Gasteiger partial charge in [-0.05, 0) is 49.4 Å². The quantitative estimate of drug-likeness (QED) is 0.892. The molecule has 0 atom stereocenters. The second kappa shape index (κ2) is 5.80. The molecule has 0 aromatic heterocycles. The van der Waals surface area contributed by atoms with Gasteiger partial charge >= 0.3 is 0 Å². The van der Waals surface area contributed by atoms with Crippen LogP contribution in [-0.2, 0) is 0 Å². The van der Waals surface area contributed by atoms with Crippen molar-refractivity contribution < 1.29 is 0 Å². The van der Waals surface area contributed by atoms with Crippen LogP contribution in [0.2, 0.25) is 0 Å². The number of hydrogen-bond donors (Lipinski definition) is 1. The largest absolute Gasteiger partial charge is 0.382 e. The molecule has 3 rings (SSSR count). The Morgan fingerprint density at radius 1 is 1.00 bits per heavy atom. The van der Waals surface area contributed by atoms with Crippen molar-refractivity contribution in [3.8, 4) is 0 Å². The van der Waals surface area contributed by atoms with Gasteiger partial charge in [0.1, 0.15) is 0 Å². The van der Waals surface area contributed by atoms with Crippen molar-refractivity contribution >= 4 is 11.4 Å². The molecule has 110 valence electrons. The molecular formula is C19H24N2. The standard InChI is InChI=1S/C19H24N2/c1-14-6-4-7-15(10-14)16-11-18(12-16)20-17-8-5-9-19(13-17)21(2)3/h4-10,13,16,18,20H,11-12H2,1-3H3. The minimum absolute atomic E-state index is 0.605. The molecule has 2 aromatic rings. The first kappa shape index (κ1) is 14.0. The fourth-order valence-corrected chi connectivity index (χ4v) is 3.04. The molecule has 2 heteroatoms. The number of anilines is 2. The Morgan fingerprint density at radius 2 is 1.76 bits per heavy atom. The van der Waals surface area contributed by atoms with E-state index in [9.17, 15) is 0 Å². The lowest BCUT2D eigenvalue weighted by Crippen LogP contribution is -2.34. The van der Waals surface area contributed by atoms with Crippen molar-refractivity contribution in [1.82, 2.24) is 0 Å². The highest BCUT2D eigenvalue weighted by atomic mass is 15.1. The minimum atomic E-state index is 0.605. The third kappa shape index (κ3) is 3.21. The van der Waals surface area contributed by atoms with E-state index in [0.717, 1.165) is 5.92 Å². The molecule has 1 saturated carbocycles. The summed E-state index contributed by atoms with van der Waals surface area (Å²) in [6, 6.07) is 18.2. The zero-order chi connectivity index (χ0) is 14.8. The van der Waals surface area contributed by atoms with Crippen LogP contribution >= 0.6 is 0 Å². The molecule has 1 aliphatic carbocycles. The number of nitrogens with one attached hydrogen (secondary N) is 1. The smallest absolute Gasteiger partial charge is 0.0381 e. The second-order valence-corrected chi connectivity index (χ2v) is 6.37. The SMILES string of the molecule is Cc1cccc(C2CC(Nc3cccc(N(C)C)c3)C2)c1. The predicted molar refractivity (Wildman–Crippen MR) is 91.3 cm³/mol. The maximum atomic E-state index is 3.66. The zero-order valence-corrected chi connectivity index (χ0v) is 13.1. The summed E-state index contributed by atoms with van der Waals surface area (Å²) in [7, 11) is 4.16. The van der Waals surface area contributed by atoms with E-state index in [4.69, 9.17) is 0 Å². The van der Waals surface area contributed by atoms with Crippen molar-refractivity contribution in [2.24, 2.45) is 0 Å². The molecule has 1 N–H and O–H groups in total. The normalized spacial score (nSPS) is 20.7. The molecule has 0 amide bonds. The molecule has 0 saturated heterocycles. The Hall–Kier alpha value is -1.96. The van der Waals surface area contributed by atoms with Crippen molar-refractivity contribution in [2.45, 2.75) is 31.7 Å². The zero-order valence-electron chi connectivity index (χ0n) is 13.1. The number of hydrogen-bond acceptors (Lipinski definition) is 2. The molecule has 0 radical (unpaired) electrons. The van der Waals surface area contributed by atoms with Crippen molar-refractivity contribution in [1.29, 1.82) is 0 Å². The van der Waals surface area contributed by atoms with Crippen LogP contribution < -0.4 is 10.2 Å². The van der Waals surface area contributed by atoms with Gasteiger partial charge in [0.25, 0.3) is 0 Å². The van der Waals surface area contributed by atoms with Gasteiger partial charge in [0.2, 0.25) is 0 Å². The topological polar surface area (TPSA) is 15.3 Å². The van der Waals surface area contributed by atoms with Gasteiger partial charge < -0.3 is 10.2 Å². The first-order valence-corrected chi connectivity index (χ1v) is 7.72. The average molecular weight is 280 g/mol. The molecule has 2 aromatic carbocycles. The summed E-state index contributed by atoms with van der Waals surface area (Å²) in [4.78, 5) is 2.14. The summed E-state index contributed by atoms with van der Waals surface area (Å²) in [6.45, 7) is 2.17. The van der Waals surface area contributed by atoms with Gasteiger partial charge in [0.15, 0.2) is 0 Å². The minimum Gasteiger partial charge on any atom is -0.382 e. The molecule has 0 bridgehead atoms. The van der Waals surface area contributed by atoms with Gasteiger partial charge in [-0.1, -0.05) is 35.9 Å². The lowest BCUT2D eigenvalue weighted by atomic mass is 9.75. The first-order chi connectivity index (χ1) is 10.1. The van der Waals surface area contributed by atoms with Crippen molar-refractivity contribution in [3.63, 3.8) is 0 Å². The molecule has 0 spiro atoms. The van der Waals surface area contributed by atoms with E-state index in [1.54, 1.807) is 0 Å². The highest BCUT2D eigenvalue weighted by molar-refractivity contribution is 5.58. The fraction of sp³-hybridized carbons (Fsp3) is 0.368. The Kier molecular flexibility index (Phi) is 3.87. The Labute approximate surface area is 127 Å². The Bertz CT molecular complexity index is 612. The van der Waals surface area contributed by atoms with Crippen molar-refractivity contribution in [3.05, 3.63) is 59.7 Å². The van der Waals surface area contributed by atoms with Gasteiger partial charge in [-0.15, -0.1) is 0 Å². The van der Waals surface area contributed by atoms with E-state index >= 15 is 0 Å². The summed E-state index contributed by atoms with van der Waals surface area (Å²) < 4.78 is 0. The highest BCUT2D eigenvalue weighted by Gasteiger charge is 2.30. The third-order valence-electron chi connectivity index (χ3n) is 4.38. The van der Waals surface area contributed by atoms with E-state index < -0.39 is 0 Å². The average Bonchev–Trinajstić information content (AvgIpc) is 2.42. The Balaban J connectivity index is 1.59. The summed E-state index contributed by atoms with van der Waals surface area (Å²) in [5, 5.41) is 3.66. The van der Waals surface area contributed by atoms with Crippen LogP contribution in [0.15, 0.2) is 48.5 Å². The van der Waals surface area contributed by atoms with Crippen molar-refractivity contribution in [2.75, 3.05) is 24.3 Å². The monoisotopic (exact) mass is 280 g/mol. The van der Waals surface area contributed by atoms with Crippen LogP contribution in [0.1, 0.15) is 29.9 Å². The summed E-state index contributed by atoms with van der Waals surface area (Å²) in [6.07, 6.45) is 2.46.